The molecule has 162 valence electrons. The average molecular weight is 409 g/mol. The molecule has 30 heavy (non-hydrogen) atoms. The van der Waals surface area contributed by atoms with E-state index in [0.717, 1.165) is 28.7 Å². The van der Waals surface area contributed by atoms with Gasteiger partial charge in [-0.25, -0.2) is 0 Å². The second-order valence-electron chi connectivity index (χ2n) is 8.36. The summed E-state index contributed by atoms with van der Waals surface area (Å²) in [4.78, 5) is 28.2. The Morgan fingerprint density at radius 3 is 2.17 bits per heavy atom. The Hall–Kier alpha value is -2.62. The van der Waals surface area contributed by atoms with Crippen LogP contribution in [0.5, 0.6) is 0 Å². The molecule has 4 nitrogen and oxygen atoms in total. The summed E-state index contributed by atoms with van der Waals surface area (Å²) in [6.07, 6.45) is 1.73. The fourth-order valence-corrected chi connectivity index (χ4v) is 3.51. The molecule has 0 heterocycles. The quantitative estimate of drug-likeness (QED) is 0.643. The van der Waals surface area contributed by atoms with Gasteiger partial charge in [0.25, 0.3) is 0 Å². The number of nitrogens with zero attached hydrogens (tertiary/aromatic N) is 1. The SMILES string of the molecule is CC[C@H](C(=O)N[C@@H](C)CC)N(Cc1ccc(C)cc1)C(=O)Cc1cc(C)ccc1C. The number of hydrogen-bond donors (Lipinski definition) is 1. The first-order valence-corrected chi connectivity index (χ1v) is 11.0. The molecule has 0 aliphatic carbocycles. The molecular weight excluding hydrogens is 372 g/mol. The van der Waals surface area contributed by atoms with E-state index in [1.807, 2.05) is 65.8 Å². The van der Waals surface area contributed by atoms with Crippen LogP contribution in [0.25, 0.3) is 0 Å². The third kappa shape index (κ3) is 6.45. The molecule has 2 amide bonds. The number of rotatable bonds is 9. The van der Waals surface area contributed by atoms with E-state index in [1.54, 1.807) is 4.90 Å². The van der Waals surface area contributed by atoms with Crippen LogP contribution in [0.2, 0.25) is 0 Å². The van der Waals surface area contributed by atoms with Crippen LogP contribution in [0.1, 0.15) is 61.4 Å². The number of benzene rings is 2. The number of carbonyl (C=O) groups excluding carboxylic acids is 2. The molecule has 0 aliphatic heterocycles. The predicted molar refractivity (Wildman–Crippen MR) is 123 cm³/mol. The summed E-state index contributed by atoms with van der Waals surface area (Å²) in [5.74, 6) is -0.0938. The first-order chi connectivity index (χ1) is 14.2. The highest BCUT2D eigenvalue weighted by molar-refractivity contribution is 5.88. The first kappa shape index (κ1) is 23.7. The predicted octanol–water partition coefficient (Wildman–Crippen LogP) is 4.88. The zero-order valence-corrected chi connectivity index (χ0v) is 19.3. The Kier molecular flexibility index (Phi) is 8.64. The highest BCUT2D eigenvalue weighted by Gasteiger charge is 2.29. The van der Waals surface area contributed by atoms with Gasteiger partial charge in [-0.05, 0) is 57.2 Å². The van der Waals surface area contributed by atoms with E-state index in [9.17, 15) is 9.59 Å². The Balaban J connectivity index is 2.32. The van der Waals surface area contributed by atoms with Crippen molar-refractivity contribution < 1.29 is 9.59 Å². The molecule has 0 radical (unpaired) electrons. The maximum atomic E-state index is 13.5. The van der Waals surface area contributed by atoms with Crippen LogP contribution in [0.4, 0.5) is 0 Å². The third-order valence-electron chi connectivity index (χ3n) is 5.71. The number of aryl methyl sites for hydroxylation is 3. The van der Waals surface area contributed by atoms with Crippen LogP contribution in [-0.2, 0) is 22.6 Å². The highest BCUT2D eigenvalue weighted by Crippen LogP contribution is 2.18. The summed E-state index contributed by atoms with van der Waals surface area (Å²) >= 11 is 0. The van der Waals surface area contributed by atoms with Crippen molar-refractivity contribution in [2.75, 3.05) is 0 Å². The summed E-state index contributed by atoms with van der Waals surface area (Å²) in [6.45, 7) is 12.5. The van der Waals surface area contributed by atoms with Gasteiger partial charge in [0.1, 0.15) is 6.04 Å². The lowest BCUT2D eigenvalue weighted by Gasteiger charge is -2.32. The zero-order chi connectivity index (χ0) is 22.3. The summed E-state index contributed by atoms with van der Waals surface area (Å²) < 4.78 is 0. The van der Waals surface area contributed by atoms with E-state index < -0.39 is 6.04 Å². The van der Waals surface area contributed by atoms with Gasteiger partial charge in [0, 0.05) is 12.6 Å². The smallest absolute Gasteiger partial charge is 0.243 e. The zero-order valence-electron chi connectivity index (χ0n) is 19.3. The first-order valence-electron chi connectivity index (χ1n) is 11.0. The molecular formula is C26H36N2O2. The van der Waals surface area contributed by atoms with Gasteiger partial charge in [0.2, 0.25) is 11.8 Å². The van der Waals surface area contributed by atoms with Crippen molar-refractivity contribution in [2.24, 2.45) is 0 Å². The van der Waals surface area contributed by atoms with Gasteiger partial charge in [-0.15, -0.1) is 0 Å². The molecule has 0 saturated heterocycles. The Morgan fingerprint density at radius 1 is 0.933 bits per heavy atom. The van der Waals surface area contributed by atoms with Crippen LogP contribution in [0.15, 0.2) is 42.5 Å². The molecule has 0 spiro atoms. The number of carbonyl (C=O) groups is 2. The maximum Gasteiger partial charge on any atom is 0.243 e. The molecule has 1 N–H and O–H groups in total. The molecule has 2 rings (SSSR count). The summed E-state index contributed by atoms with van der Waals surface area (Å²) in [5.41, 5.74) is 5.46. The van der Waals surface area contributed by atoms with Crippen LogP contribution >= 0.6 is 0 Å². The fraction of sp³-hybridized carbons (Fsp3) is 0.462. The van der Waals surface area contributed by atoms with Gasteiger partial charge in [-0.3, -0.25) is 9.59 Å². The van der Waals surface area contributed by atoms with Gasteiger partial charge in [0.05, 0.1) is 6.42 Å². The summed E-state index contributed by atoms with van der Waals surface area (Å²) in [6, 6.07) is 13.9. The fourth-order valence-electron chi connectivity index (χ4n) is 3.51. The second-order valence-corrected chi connectivity index (χ2v) is 8.36. The van der Waals surface area contributed by atoms with Crippen LogP contribution in [0, 0.1) is 20.8 Å². The van der Waals surface area contributed by atoms with Crippen molar-refractivity contribution >= 4 is 11.8 Å². The highest BCUT2D eigenvalue weighted by atomic mass is 16.2. The maximum absolute atomic E-state index is 13.5. The minimum Gasteiger partial charge on any atom is -0.352 e. The minimum absolute atomic E-state index is 0.0181. The molecule has 0 saturated carbocycles. The van der Waals surface area contributed by atoms with Gasteiger partial charge in [-0.2, -0.15) is 0 Å². The molecule has 4 heteroatoms. The Labute approximate surface area is 181 Å². The van der Waals surface area contributed by atoms with E-state index in [1.165, 1.54) is 5.56 Å². The van der Waals surface area contributed by atoms with Crippen molar-refractivity contribution in [3.63, 3.8) is 0 Å². The summed E-state index contributed by atoms with van der Waals surface area (Å²) in [5, 5.41) is 3.06. The van der Waals surface area contributed by atoms with Crippen molar-refractivity contribution in [1.29, 1.82) is 0 Å². The number of nitrogens with one attached hydrogen (secondary N) is 1. The monoisotopic (exact) mass is 408 g/mol. The van der Waals surface area contributed by atoms with Gasteiger partial charge in [-0.1, -0.05) is 67.4 Å². The van der Waals surface area contributed by atoms with E-state index >= 15 is 0 Å². The van der Waals surface area contributed by atoms with Crippen LogP contribution in [0.3, 0.4) is 0 Å². The summed E-state index contributed by atoms with van der Waals surface area (Å²) in [7, 11) is 0. The van der Waals surface area contributed by atoms with Crippen LogP contribution < -0.4 is 5.32 Å². The molecule has 0 unspecified atom stereocenters. The van der Waals surface area contributed by atoms with Crippen LogP contribution in [-0.4, -0.2) is 28.8 Å². The Bertz CT molecular complexity index is 858. The molecule has 0 aromatic heterocycles. The lowest BCUT2D eigenvalue weighted by molar-refractivity contribution is -0.141. The molecule has 0 fully saturated rings. The third-order valence-corrected chi connectivity index (χ3v) is 5.71. The lowest BCUT2D eigenvalue weighted by atomic mass is 10.0. The van der Waals surface area contributed by atoms with Crippen molar-refractivity contribution in [3.8, 4) is 0 Å². The van der Waals surface area contributed by atoms with E-state index in [4.69, 9.17) is 0 Å². The molecule has 0 bridgehead atoms. The molecule has 2 aromatic rings. The number of amides is 2. The Morgan fingerprint density at radius 2 is 1.57 bits per heavy atom. The van der Waals surface area contributed by atoms with E-state index in [0.29, 0.717) is 19.4 Å². The van der Waals surface area contributed by atoms with Crippen molar-refractivity contribution in [1.82, 2.24) is 10.2 Å². The van der Waals surface area contributed by atoms with Gasteiger partial charge < -0.3 is 10.2 Å². The number of hydrogen-bond acceptors (Lipinski definition) is 2. The molecule has 0 aliphatic rings. The van der Waals surface area contributed by atoms with E-state index in [-0.39, 0.29) is 17.9 Å². The molecule has 2 atom stereocenters. The van der Waals surface area contributed by atoms with Crippen molar-refractivity contribution in [3.05, 3.63) is 70.3 Å². The lowest BCUT2D eigenvalue weighted by Crippen LogP contribution is -2.51. The van der Waals surface area contributed by atoms with Gasteiger partial charge >= 0.3 is 0 Å². The van der Waals surface area contributed by atoms with Gasteiger partial charge in [0.15, 0.2) is 0 Å². The second kappa shape index (κ2) is 11.0. The van der Waals surface area contributed by atoms with Crippen molar-refractivity contribution in [2.45, 2.75) is 79.4 Å². The van der Waals surface area contributed by atoms with E-state index in [2.05, 4.69) is 23.5 Å². The standard InChI is InChI=1S/C26H36N2O2/c1-7-21(6)27-26(30)24(8-2)28(17-22-13-10-18(3)11-14-22)25(29)16-23-15-19(4)9-12-20(23)5/h9-15,21,24H,7-8,16-17H2,1-6H3,(H,27,30)/t21-,24+/m0/s1. The largest absolute Gasteiger partial charge is 0.352 e. The topological polar surface area (TPSA) is 49.4 Å². The average Bonchev–Trinajstić information content (AvgIpc) is 2.71. The minimum atomic E-state index is -0.488. The molecule has 2 aromatic carbocycles. The normalized spacial score (nSPS) is 12.9.